The summed E-state index contributed by atoms with van der Waals surface area (Å²) in [5.74, 6) is 1.33. The summed E-state index contributed by atoms with van der Waals surface area (Å²) in [6.07, 6.45) is 6.10. The summed E-state index contributed by atoms with van der Waals surface area (Å²) in [5, 5.41) is 13.2. The maximum atomic E-state index is 12.0. The molecule has 4 saturated carbocycles. The number of fused-ring (bicyclic) bond motifs is 1. The average Bonchev–Trinajstić information content (AvgIpc) is 3.34. The molecule has 1 aromatic carbocycles. The van der Waals surface area contributed by atoms with Gasteiger partial charge in [0.25, 0.3) is 0 Å². The molecule has 2 N–H and O–H groups in total. The zero-order valence-electron chi connectivity index (χ0n) is 21.8. The topological polar surface area (TPSA) is 78.9 Å². The quantitative estimate of drug-likeness (QED) is 0.615. The molecular formula is C29H42N2O4. The van der Waals surface area contributed by atoms with Gasteiger partial charge in [0.15, 0.2) is 0 Å². The van der Waals surface area contributed by atoms with E-state index in [0.29, 0.717) is 17.8 Å². The summed E-state index contributed by atoms with van der Waals surface area (Å²) in [4.78, 5) is 25.6. The number of rotatable bonds is 2. The molecule has 6 atom stereocenters. The number of ether oxygens (including phenoxy) is 1. The van der Waals surface area contributed by atoms with Crippen LogP contribution in [0.4, 0.5) is 4.79 Å². The number of carbonyl (C=O) groups excluding carboxylic acids is 1. The minimum Gasteiger partial charge on any atom is -0.481 e. The monoisotopic (exact) mass is 482 g/mol. The van der Waals surface area contributed by atoms with E-state index in [1.54, 1.807) is 0 Å². The minimum absolute atomic E-state index is 0.119. The minimum atomic E-state index is -0.548. The van der Waals surface area contributed by atoms with Crippen LogP contribution in [0.25, 0.3) is 0 Å². The number of hydrogen-bond donors (Lipinski definition) is 2. The van der Waals surface area contributed by atoms with Crippen molar-refractivity contribution < 1.29 is 19.4 Å². The maximum Gasteiger partial charge on any atom is 0.410 e. The zero-order chi connectivity index (χ0) is 25.1. The normalized spacial score (nSPS) is 39.1. The highest BCUT2D eigenvalue weighted by Gasteiger charge is 2.64. The molecule has 2 aliphatic heterocycles. The van der Waals surface area contributed by atoms with Gasteiger partial charge in [-0.2, -0.15) is 0 Å². The van der Waals surface area contributed by atoms with Gasteiger partial charge in [0.05, 0.1) is 5.41 Å². The van der Waals surface area contributed by atoms with E-state index in [2.05, 4.69) is 42.6 Å². The number of carboxylic acid groups (broad SMARTS) is 1. The van der Waals surface area contributed by atoms with Crippen LogP contribution in [-0.2, 0) is 14.9 Å². The van der Waals surface area contributed by atoms with Crippen LogP contribution in [0.1, 0.15) is 71.8 Å². The van der Waals surface area contributed by atoms with Crippen molar-refractivity contribution in [2.75, 3.05) is 26.2 Å². The number of hydrogen-bond acceptors (Lipinski definition) is 4. The van der Waals surface area contributed by atoms with Crippen molar-refractivity contribution in [1.82, 2.24) is 10.2 Å². The molecule has 1 aromatic rings. The van der Waals surface area contributed by atoms with Crippen molar-refractivity contribution in [3.05, 3.63) is 35.9 Å². The Kier molecular flexibility index (Phi) is 5.98. The van der Waals surface area contributed by atoms with Crippen LogP contribution in [0.3, 0.4) is 0 Å². The number of carbonyl (C=O) groups is 2. The number of carboxylic acids is 1. The van der Waals surface area contributed by atoms with Crippen molar-refractivity contribution in [1.29, 1.82) is 0 Å². The van der Waals surface area contributed by atoms with Crippen molar-refractivity contribution >= 4 is 12.1 Å². The molecule has 6 fully saturated rings. The Hall–Kier alpha value is -2.08. The first kappa shape index (κ1) is 24.6. The first-order chi connectivity index (χ1) is 16.4. The van der Waals surface area contributed by atoms with Gasteiger partial charge in [0.2, 0.25) is 0 Å². The molecule has 0 aromatic heterocycles. The lowest BCUT2D eigenvalue weighted by atomic mass is 9.39. The Morgan fingerprint density at radius 2 is 1.66 bits per heavy atom. The fourth-order valence-electron chi connectivity index (χ4n) is 8.60. The number of nitrogens with one attached hydrogen (secondary N) is 1. The third-order valence-electron chi connectivity index (χ3n) is 9.23. The van der Waals surface area contributed by atoms with Gasteiger partial charge in [-0.15, -0.1) is 0 Å². The predicted molar refractivity (Wildman–Crippen MR) is 135 cm³/mol. The number of likely N-dealkylation sites (tertiary alicyclic amines) is 1. The Bertz CT molecular complexity index is 963. The largest absolute Gasteiger partial charge is 0.481 e. The molecule has 0 spiro atoms. The summed E-state index contributed by atoms with van der Waals surface area (Å²) >= 11 is 0. The van der Waals surface area contributed by atoms with Crippen LogP contribution in [0.15, 0.2) is 30.3 Å². The third kappa shape index (κ3) is 4.71. The molecule has 6 aliphatic rings. The van der Waals surface area contributed by atoms with Crippen LogP contribution in [0.2, 0.25) is 0 Å². The lowest BCUT2D eigenvalue weighted by Gasteiger charge is -2.64. The molecule has 6 unspecified atom stereocenters. The molecule has 2 heterocycles. The highest BCUT2D eigenvalue weighted by molar-refractivity contribution is 5.76. The Balaban J connectivity index is 0.000000152. The maximum absolute atomic E-state index is 12.0. The average molecular weight is 483 g/mol. The summed E-state index contributed by atoms with van der Waals surface area (Å²) in [7, 11) is 0. The first-order valence-electron chi connectivity index (χ1n) is 13.4. The Labute approximate surface area is 209 Å². The molecule has 35 heavy (non-hydrogen) atoms. The standard InChI is InChI=1S/C18H22O2.C11H20N2O2/c1-16-7-13-8-17(10-16,14-5-3-2-4-6-14)12-18(9-13,11-16)15(19)20;1-11(2,3)15-10(14)13-6-8-4-12-5-9(8)7-13/h2-6,13H,7-12H2,1H3,(H,19,20);8-9,12H,4-7H2,1-3H3. The van der Waals surface area contributed by atoms with Crippen molar-refractivity contribution in [3.63, 3.8) is 0 Å². The van der Waals surface area contributed by atoms with Gasteiger partial charge in [-0.05, 0) is 93.4 Å². The number of aliphatic carboxylic acids is 1. The van der Waals surface area contributed by atoms with Gasteiger partial charge >= 0.3 is 12.1 Å². The third-order valence-corrected chi connectivity index (χ3v) is 9.23. The van der Waals surface area contributed by atoms with E-state index in [4.69, 9.17) is 4.74 Å². The molecule has 6 heteroatoms. The van der Waals surface area contributed by atoms with E-state index in [1.807, 2.05) is 25.7 Å². The van der Waals surface area contributed by atoms with Crippen LogP contribution in [0, 0.1) is 28.6 Å². The highest BCUT2D eigenvalue weighted by atomic mass is 16.6. The van der Waals surface area contributed by atoms with Crippen molar-refractivity contribution in [2.45, 2.75) is 77.2 Å². The lowest BCUT2D eigenvalue weighted by Crippen LogP contribution is -2.60. The highest BCUT2D eigenvalue weighted by Crippen LogP contribution is 2.70. The van der Waals surface area contributed by atoms with Crippen molar-refractivity contribution in [3.8, 4) is 0 Å². The lowest BCUT2D eigenvalue weighted by molar-refractivity contribution is -0.177. The molecule has 1 amide bonds. The van der Waals surface area contributed by atoms with E-state index in [1.165, 1.54) is 24.8 Å². The molecule has 192 valence electrons. The van der Waals surface area contributed by atoms with Gasteiger partial charge in [-0.1, -0.05) is 37.3 Å². The smallest absolute Gasteiger partial charge is 0.410 e. The van der Waals surface area contributed by atoms with Gasteiger partial charge in [0.1, 0.15) is 5.60 Å². The van der Waals surface area contributed by atoms with Crippen LogP contribution >= 0.6 is 0 Å². The fourth-order valence-corrected chi connectivity index (χ4v) is 8.60. The molecule has 2 saturated heterocycles. The summed E-state index contributed by atoms with van der Waals surface area (Å²) in [6.45, 7) is 11.8. The van der Waals surface area contributed by atoms with Crippen LogP contribution < -0.4 is 5.32 Å². The van der Waals surface area contributed by atoms with E-state index in [0.717, 1.165) is 45.4 Å². The van der Waals surface area contributed by atoms with Gasteiger partial charge < -0.3 is 20.1 Å². The number of benzene rings is 1. The fraction of sp³-hybridized carbons (Fsp3) is 0.724. The van der Waals surface area contributed by atoms with E-state index in [-0.39, 0.29) is 22.5 Å². The van der Waals surface area contributed by atoms with E-state index in [9.17, 15) is 14.7 Å². The molecular weight excluding hydrogens is 440 g/mol. The summed E-state index contributed by atoms with van der Waals surface area (Å²) in [5.41, 5.74) is 0.888. The number of amides is 1. The van der Waals surface area contributed by atoms with Gasteiger partial charge in [-0.25, -0.2) is 4.79 Å². The SMILES string of the molecule is CC(C)(C)OC(=O)N1CC2CNCC2C1.CC12CC3CC(C(=O)O)(C1)CC(c1ccccc1)(C3)C2. The molecule has 0 radical (unpaired) electrons. The summed E-state index contributed by atoms with van der Waals surface area (Å²) < 4.78 is 5.35. The summed E-state index contributed by atoms with van der Waals surface area (Å²) in [6, 6.07) is 10.7. The molecule has 4 aliphatic carbocycles. The first-order valence-corrected chi connectivity index (χ1v) is 13.4. The van der Waals surface area contributed by atoms with Crippen molar-refractivity contribution in [2.24, 2.45) is 28.6 Å². The second-order valence-corrected chi connectivity index (χ2v) is 13.6. The zero-order valence-corrected chi connectivity index (χ0v) is 21.8. The molecule has 6 nitrogen and oxygen atoms in total. The van der Waals surface area contributed by atoms with Crippen LogP contribution in [-0.4, -0.2) is 53.8 Å². The Morgan fingerprint density at radius 1 is 1.00 bits per heavy atom. The second-order valence-electron chi connectivity index (χ2n) is 13.6. The van der Waals surface area contributed by atoms with E-state index >= 15 is 0 Å². The van der Waals surface area contributed by atoms with Crippen LogP contribution in [0.5, 0.6) is 0 Å². The Morgan fingerprint density at radius 3 is 2.23 bits per heavy atom. The molecule has 7 rings (SSSR count). The predicted octanol–water partition coefficient (Wildman–Crippen LogP) is 5.07. The van der Waals surface area contributed by atoms with E-state index < -0.39 is 11.4 Å². The molecule has 4 bridgehead atoms. The van der Waals surface area contributed by atoms with Gasteiger partial charge in [-0.3, -0.25) is 4.79 Å². The number of nitrogens with zero attached hydrogens (tertiary/aromatic N) is 1. The van der Waals surface area contributed by atoms with Gasteiger partial charge in [0, 0.05) is 26.2 Å². The second kappa shape index (κ2) is 8.50.